The third-order valence-electron chi connectivity index (χ3n) is 1.74. The summed E-state index contributed by atoms with van der Waals surface area (Å²) in [6.07, 6.45) is 1.45. The first kappa shape index (κ1) is 9.76. The topological polar surface area (TPSA) is 62.8 Å². The molecule has 0 saturated heterocycles. The highest BCUT2D eigenvalue weighted by Gasteiger charge is 2.16. The predicted octanol–water partition coefficient (Wildman–Crippen LogP) is 2.14. The number of rotatable bonds is 1. The fraction of sp³-hybridized carbons (Fsp3) is 0. The van der Waals surface area contributed by atoms with E-state index in [-0.39, 0.29) is 9.92 Å². The Labute approximate surface area is 89.3 Å². The van der Waals surface area contributed by atoms with Crippen LogP contribution < -0.4 is 0 Å². The van der Waals surface area contributed by atoms with E-state index in [4.69, 9.17) is 22.3 Å². The van der Waals surface area contributed by atoms with Gasteiger partial charge in [-0.2, -0.15) is 0 Å². The van der Waals surface area contributed by atoms with Crippen LogP contribution in [0.1, 0.15) is 0 Å². The number of fused-ring (bicyclic) bond motifs is 1. The number of aromatic nitrogens is 2. The van der Waals surface area contributed by atoms with E-state index in [2.05, 4.69) is 9.97 Å². The Hall–Kier alpha value is -0.780. The van der Waals surface area contributed by atoms with Crippen LogP contribution in [0, 0.1) is 0 Å². The van der Waals surface area contributed by atoms with Crippen molar-refractivity contribution in [1.82, 2.24) is 9.97 Å². The van der Waals surface area contributed by atoms with E-state index >= 15 is 0 Å². The van der Waals surface area contributed by atoms with Crippen molar-refractivity contribution in [2.75, 3.05) is 0 Å². The van der Waals surface area contributed by atoms with Gasteiger partial charge in [-0.1, -0.05) is 11.6 Å². The second kappa shape index (κ2) is 3.12. The molecule has 0 unspecified atom stereocenters. The molecule has 2 rings (SSSR count). The maximum atomic E-state index is 11.1. The average Bonchev–Trinajstić information content (AvgIpc) is 2.47. The number of aromatic amines is 1. The molecule has 1 aromatic carbocycles. The van der Waals surface area contributed by atoms with E-state index in [1.54, 1.807) is 0 Å². The van der Waals surface area contributed by atoms with Crippen LogP contribution in [0.3, 0.4) is 0 Å². The lowest BCUT2D eigenvalue weighted by Crippen LogP contribution is -1.91. The number of H-pyrrole nitrogens is 1. The number of imidazole rings is 1. The lowest BCUT2D eigenvalue weighted by molar-refractivity contribution is 0.610. The van der Waals surface area contributed by atoms with Gasteiger partial charge in [-0.05, 0) is 12.1 Å². The molecular formula is C7H4Cl2N2O2S. The Morgan fingerprint density at radius 2 is 2.07 bits per heavy atom. The van der Waals surface area contributed by atoms with Crippen LogP contribution in [0.5, 0.6) is 0 Å². The Morgan fingerprint density at radius 1 is 1.36 bits per heavy atom. The molecule has 74 valence electrons. The smallest absolute Gasteiger partial charge is 0.262 e. The molecule has 1 heterocycles. The van der Waals surface area contributed by atoms with Crippen molar-refractivity contribution >= 4 is 42.4 Å². The van der Waals surface area contributed by atoms with Crippen molar-refractivity contribution in [3.8, 4) is 0 Å². The van der Waals surface area contributed by atoms with Gasteiger partial charge < -0.3 is 4.98 Å². The monoisotopic (exact) mass is 250 g/mol. The van der Waals surface area contributed by atoms with E-state index in [1.807, 2.05) is 0 Å². The summed E-state index contributed by atoms with van der Waals surface area (Å²) in [4.78, 5) is 6.58. The summed E-state index contributed by atoms with van der Waals surface area (Å²) in [5.41, 5.74) is 1.17. The molecule has 2 aromatic rings. The summed E-state index contributed by atoms with van der Waals surface area (Å²) in [6.45, 7) is 0. The van der Waals surface area contributed by atoms with E-state index in [0.717, 1.165) is 0 Å². The standard InChI is InChI=1S/C7H4Cl2N2O2S/c8-4-1-5-6(11-3-10-5)2-7(4)14(9,12)13/h1-3H,(H,10,11). The molecular weight excluding hydrogens is 247 g/mol. The summed E-state index contributed by atoms with van der Waals surface area (Å²) in [5, 5.41) is 0.0691. The highest BCUT2D eigenvalue weighted by molar-refractivity contribution is 8.13. The van der Waals surface area contributed by atoms with Crippen molar-refractivity contribution < 1.29 is 8.42 Å². The van der Waals surface area contributed by atoms with Crippen LogP contribution >= 0.6 is 22.3 Å². The van der Waals surface area contributed by atoms with Gasteiger partial charge in [-0.25, -0.2) is 13.4 Å². The molecule has 4 nitrogen and oxygen atoms in total. The molecule has 14 heavy (non-hydrogen) atoms. The van der Waals surface area contributed by atoms with Crippen molar-refractivity contribution in [2.45, 2.75) is 4.90 Å². The molecule has 0 fully saturated rings. The normalized spacial score (nSPS) is 12.1. The third kappa shape index (κ3) is 1.58. The number of hydrogen-bond acceptors (Lipinski definition) is 3. The van der Waals surface area contributed by atoms with Gasteiger partial charge in [0.2, 0.25) is 0 Å². The second-order valence-electron chi connectivity index (χ2n) is 2.64. The van der Waals surface area contributed by atoms with Crippen molar-refractivity contribution in [2.24, 2.45) is 0 Å². The number of hydrogen-bond donors (Lipinski definition) is 1. The lowest BCUT2D eigenvalue weighted by Gasteiger charge is -1.99. The first-order chi connectivity index (χ1) is 6.48. The number of benzene rings is 1. The van der Waals surface area contributed by atoms with E-state index in [0.29, 0.717) is 11.0 Å². The lowest BCUT2D eigenvalue weighted by atomic mass is 10.3. The zero-order chi connectivity index (χ0) is 10.3. The van der Waals surface area contributed by atoms with Crippen molar-refractivity contribution in [1.29, 1.82) is 0 Å². The fourth-order valence-electron chi connectivity index (χ4n) is 1.12. The van der Waals surface area contributed by atoms with Gasteiger partial charge in [0.15, 0.2) is 0 Å². The van der Waals surface area contributed by atoms with Crippen molar-refractivity contribution in [3.05, 3.63) is 23.5 Å². The van der Waals surface area contributed by atoms with Gasteiger partial charge in [0.05, 0.1) is 22.4 Å². The zero-order valence-electron chi connectivity index (χ0n) is 6.66. The van der Waals surface area contributed by atoms with Gasteiger partial charge in [0.25, 0.3) is 9.05 Å². The van der Waals surface area contributed by atoms with E-state index in [1.165, 1.54) is 18.5 Å². The largest absolute Gasteiger partial charge is 0.345 e. The van der Waals surface area contributed by atoms with Gasteiger partial charge in [-0.15, -0.1) is 0 Å². The minimum atomic E-state index is -3.81. The second-order valence-corrected chi connectivity index (χ2v) is 5.58. The molecule has 0 atom stereocenters. The van der Waals surface area contributed by atoms with Crippen LogP contribution in [-0.2, 0) is 9.05 Å². The maximum absolute atomic E-state index is 11.1. The van der Waals surface area contributed by atoms with Crippen LogP contribution in [0.25, 0.3) is 11.0 Å². The first-order valence-electron chi connectivity index (χ1n) is 3.56. The van der Waals surface area contributed by atoms with Gasteiger partial charge in [0.1, 0.15) is 4.90 Å². The highest BCUT2D eigenvalue weighted by atomic mass is 35.7. The fourth-order valence-corrected chi connectivity index (χ4v) is 2.64. The Kier molecular flexibility index (Phi) is 2.17. The summed E-state index contributed by atoms with van der Waals surface area (Å²) < 4.78 is 22.1. The zero-order valence-corrected chi connectivity index (χ0v) is 8.99. The van der Waals surface area contributed by atoms with E-state index < -0.39 is 9.05 Å². The molecule has 0 aliphatic carbocycles. The predicted molar refractivity (Wildman–Crippen MR) is 54.1 cm³/mol. The quantitative estimate of drug-likeness (QED) is 0.790. The summed E-state index contributed by atoms with van der Waals surface area (Å²) >= 11 is 5.73. The average molecular weight is 251 g/mol. The number of nitrogens with one attached hydrogen (secondary N) is 1. The van der Waals surface area contributed by atoms with Gasteiger partial charge in [-0.3, -0.25) is 0 Å². The molecule has 7 heteroatoms. The minimum Gasteiger partial charge on any atom is -0.345 e. The van der Waals surface area contributed by atoms with Gasteiger partial charge >= 0.3 is 0 Å². The molecule has 0 spiro atoms. The molecule has 0 bridgehead atoms. The molecule has 0 aliphatic heterocycles. The van der Waals surface area contributed by atoms with Crippen LogP contribution in [0.2, 0.25) is 5.02 Å². The Balaban J connectivity index is 2.84. The Morgan fingerprint density at radius 3 is 2.71 bits per heavy atom. The molecule has 1 N–H and O–H groups in total. The van der Waals surface area contributed by atoms with Crippen LogP contribution in [0.15, 0.2) is 23.4 Å². The highest BCUT2D eigenvalue weighted by Crippen LogP contribution is 2.28. The summed E-state index contributed by atoms with van der Waals surface area (Å²) in [5.74, 6) is 0. The van der Waals surface area contributed by atoms with Crippen molar-refractivity contribution in [3.63, 3.8) is 0 Å². The third-order valence-corrected chi connectivity index (χ3v) is 3.52. The number of nitrogens with zero attached hydrogens (tertiary/aromatic N) is 1. The minimum absolute atomic E-state index is 0.0691. The SMILES string of the molecule is O=S(=O)(Cl)c1cc2[nH]cnc2cc1Cl. The molecule has 1 aromatic heterocycles. The summed E-state index contributed by atoms with van der Waals surface area (Å²) in [6, 6.07) is 2.80. The maximum Gasteiger partial charge on any atom is 0.262 e. The molecule has 0 amide bonds. The first-order valence-corrected chi connectivity index (χ1v) is 6.24. The molecule has 0 aliphatic rings. The van der Waals surface area contributed by atoms with Crippen LogP contribution in [0.4, 0.5) is 0 Å². The summed E-state index contributed by atoms with van der Waals surface area (Å²) in [7, 11) is 1.37. The van der Waals surface area contributed by atoms with E-state index in [9.17, 15) is 8.42 Å². The molecule has 0 radical (unpaired) electrons. The number of halogens is 2. The molecule has 0 saturated carbocycles. The van der Waals surface area contributed by atoms with Crippen LogP contribution in [-0.4, -0.2) is 18.4 Å². The Bertz CT molecular complexity index is 591. The van der Waals surface area contributed by atoms with Gasteiger partial charge in [0, 0.05) is 10.7 Å².